The van der Waals surface area contributed by atoms with E-state index in [9.17, 15) is 0 Å². The van der Waals surface area contributed by atoms with Crippen LogP contribution in [-0.2, 0) is 12.5 Å². The standard InChI is InChI=1S/C13H18N2/c1-9-12(13(2,3)4)10-6-7-14-8-11(10)15(9)5/h6-8H,1-5H3. The number of fused-ring (bicyclic) bond motifs is 1. The molecule has 0 aliphatic heterocycles. The maximum Gasteiger partial charge on any atom is 0.0669 e. The zero-order valence-electron chi connectivity index (χ0n) is 10.1. The first-order valence-electron chi connectivity index (χ1n) is 5.32. The van der Waals surface area contributed by atoms with Crippen molar-refractivity contribution in [2.75, 3.05) is 0 Å². The second-order valence-electron chi connectivity index (χ2n) is 5.16. The lowest BCUT2D eigenvalue weighted by Gasteiger charge is -2.19. The van der Waals surface area contributed by atoms with E-state index in [4.69, 9.17) is 0 Å². The van der Waals surface area contributed by atoms with Gasteiger partial charge in [-0.2, -0.15) is 0 Å². The van der Waals surface area contributed by atoms with Crippen molar-refractivity contribution in [3.8, 4) is 0 Å². The van der Waals surface area contributed by atoms with Gasteiger partial charge in [0.1, 0.15) is 0 Å². The largest absolute Gasteiger partial charge is 0.346 e. The summed E-state index contributed by atoms with van der Waals surface area (Å²) in [5, 5.41) is 1.33. The van der Waals surface area contributed by atoms with Crippen molar-refractivity contribution in [1.82, 2.24) is 9.55 Å². The van der Waals surface area contributed by atoms with Crippen molar-refractivity contribution >= 4 is 10.9 Å². The van der Waals surface area contributed by atoms with Gasteiger partial charge in [-0.3, -0.25) is 4.98 Å². The van der Waals surface area contributed by atoms with Crippen molar-refractivity contribution in [2.45, 2.75) is 33.1 Å². The monoisotopic (exact) mass is 202 g/mol. The lowest BCUT2D eigenvalue weighted by molar-refractivity contribution is 0.587. The predicted molar refractivity (Wildman–Crippen MR) is 64.2 cm³/mol. The Morgan fingerprint density at radius 2 is 1.93 bits per heavy atom. The quantitative estimate of drug-likeness (QED) is 0.641. The molecule has 0 saturated heterocycles. The van der Waals surface area contributed by atoms with Crippen LogP contribution in [0.25, 0.3) is 10.9 Å². The highest BCUT2D eigenvalue weighted by Crippen LogP contribution is 2.33. The summed E-state index contributed by atoms with van der Waals surface area (Å²) < 4.78 is 2.23. The van der Waals surface area contributed by atoms with Crippen LogP contribution < -0.4 is 0 Å². The Morgan fingerprint density at radius 3 is 2.53 bits per heavy atom. The predicted octanol–water partition coefficient (Wildman–Crippen LogP) is 3.18. The maximum atomic E-state index is 4.19. The van der Waals surface area contributed by atoms with Crippen LogP contribution in [0.3, 0.4) is 0 Å². The average molecular weight is 202 g/mol. The lowest BCUT2D eigenvalue weighted by atomic mass is 9.85. The fourth-order valence-electron chi connectivity index (χ4n) is 2.35. The molecule has 80 valence electrons. The van der Waals surface area contributed by atoms with E-state index in [1.54, 1.807) is 0 Å². The van der Waals surface area contributed by atoms with Crippen molar-refractivity contribution in [1.29, 1.82) is 0 Å². The van der Waals surface area contributed by atoms with E-state index in [1.807, 2.05) is 12.4 Å². The van der Waals surface area contributed by atoms with Crippen LogP contribution in [-0.4, -0.2) is 9.55 Å². The molecule has 15 heavy (non-hydrogen) atoms. The number of nitrogens with zero attached hydrogens (tertiary/aromatic N) is 2. The van der Waals surface area contributed by atoms with Crippen molar-refractivity contribution in [2.24, 2.45) is 7.05 Å². The van der Waals surface area contributed by atoms with Gasteiger partial charge in [0, 0.05) is 24.3 Å². The molecular formula is C13H18N2. The Kier molecular flexibility index (Phi) is 2.10. The smallest absolute Gasteiger partial charge is 0.0669 e. The van der Waals surface area contributed by atoms with Gasteiger partial charge >= 0.3 is 0 Å². The van der Waals surface area contributed by atoms with Gasteiger partial charge < -0.3 is 4.57 Å². The van der Waals surface area contributed by atoms with Crippen molar-refractivity contribution < 1.29 is 0 Å². The molecule has 2 heterocycles. The van der Waals surface area contributed by atoms with Crippen LogP contribution >= 0.6 is 0 Å². The van der Waals surface area contributed by atoms with Crippen molar-refractivity contribution in [3.63, 3.8) is 0 Å². The molecule has 0 unspecified atom stereocenters. The Morgan fingerprint density at radius 1 is 1.27 bits per heavy atom. The van der Waals surface area contributed by atoms with Gasteiger partial charge in [0.25, 0.3) is 0 Å². The van der Waals surface area contributed by atoms with Crippen LogP contribution in [0, 0.1) is 6.92 Å². The van der Waals surface area contributed by atoms with E-state index in [1.165, 1.54) is 22.2 Å². The molecule has 2 aromatic heterocycles. The molecule has 0 amide bonds. The minimum Gasteiger partial charge on any atom is -0.346 e. The maximum absolute atomic E-state index is 4.19. The number of rotatable bonds is 0. The number of hydrogen-bond acceptors (Lipinski definition) is 1. The van der Waals surface area contributed by atoms with Crippen LogP contribution in [0.4, 0.5) is 0 Å². The summed E-state index contributed by atoms with van der Waals surface area (Å²) >= 11 is 0. The summed E-state index contributed by atoms with van der Waals surface area (Å²) in [4.78, 5) is 4.19. The van der Waals surface area contributed by atoms with E-state index >= 15 is 0 Å². The van der Waals surface area contributed by atoms with Gasteiger partial charge in [0.2, 0.25) is 0 Å². The van der Waals surface area contributed by atoms with E-state index in [2.05, 4.69) is 50.4 Å². The fraction of sp³-hybridized carbons (Fsp3) is 0.462. The van der Waals surface area contributed by atoms with Crippen molar-refractivity contribution in [3.05, 3.63) is 29.7 Å². The van der Waals surface area contributed by atoms with E-state index < -0.39 is 0 Å². The Labute approximate surface area is 90.9 Å². The number of aryl methyl sites for hydroxylation is 1. The Balaban J connectivity index is 2.90. The highest BCUT2D eigenvalue weighted by Gasteiger charge is 2.22. The molecule has 2 rings (SSSR count). The van der Waals surface area contributed by atoms with Gasteiger partial charge in [-0.05, 0) is 24.0 Å². The first kappa shape index (κ1) is 10.2. The van der Waals surface area contributed by atoms with Crippen LogP contribution in [0.5, 0.6) is 0 Å². The second kappa shape index (κ2) is 3.09. The minimum absolute atomic E-state index is 0.185. The third kappa shape index (κ3) is 1.44. The first-order valence-corrected chi connectivity index (χ1v) is 5.32. The highest BCUT2D eigenvalue weighted by atomic mass is 15.0. The summed E-state index contributed by atoms with van der Waals surface area (Å²) in [5.74, 6) is 0. The summed E-state index contributed by atoms with van der Waals surface area (Å²) in [6.45, 7) is 8.96. The third-order valence-electron chi connectivity index (χ3n) is 3.05. The van der Waals surface area contributed by atoms with Gasteiger partial charge in [-0.15, -0.1) is 0 Å². The minimum atomic E-state index is 0.185. The molecule has 2 aromatic rings. The Hall–Kier alpha value is -1.31. The van der Waals surface area contributed by atoms with E-state index in [-0.39, 0.29) is 5.41 Å². The SMILES string of the molecule is Cc1c(C(C)(C)C)c2ccncc2n1C. The second-order valence-corrected chi connectivity index (χ2v) is 5.16. The molecule has 2 heteroatoms. The van der Waals surface area contributed by atoms with E-state index in [0.717, 1.165) is 0 Å². The molecule has 0 atom stereocenters. The van der Waals surface area contributed by atoms with E-state index in [0.29, 0.717) is 0 Å². The van der Waals surface area contributed by atoms with Crippen LogP contribution in [0.2, 0.25) is 0 Å². The number of aromatic nitrogens is 2. The zero-order valence-corrected chi connectivity index (χ0v) is 10.1. The first-order chi connectivity index (χ1) is 6.93. The number of hydrogen-bond donors (Lipinski definition) is 0. The molecule has 0 saturated carbocycles. The zero-order chi connectivity index (χ0) is 11.2. The molecule has 0 radical (unpaired) electrons. The molecule has 2 nitrogen and oxygen atoms in total. The summed E-state index contributed by atoms with van der Waals surface area (Å²) in [7, 11) is 2.11. The molecular weight excluding hydrogens is 184 g/mol. The number of pyridine rings is 1. The molecule has 0 spiro atoms. The van der Waals surface area contributed by atoms with Gasteiger partial charge in [-0.25, -0.2) is 0 Å². The Bertz CT molecular complexity index is 501. The molecule has 0 fully saturated rings. The summed E-state index contributed by atoms with van der Waals surface area (Å²) in [6, 6.07) is 2.11. The molecule has 0 aromatic carbocycles. The topological polar surface area (TPSA) is 17.8 Å². The normalized spacial score (nSPS) is 12.3. The van der Waals surface area contributed by atoms with Crippen LogP contribution in [0.1, 0.15) is 32.0 Å². The highest BCUT2D eigenvalue weighted by molar-refractivity contribution is 5.85. The van der Waals surface area contributed by atoms with Crippen LogP contribution in [0.15, 0.2) is 18.5 Å². The summed E-state index contributed by atoms with van der Waals surface area (Å²) in [6.07, 6.45) is 3.81. The van der Waals surface area contributed by atoms with Gasteiger partial charge in [0.05, 0.1) is 11.7 Å². The average Bonchev–Trinajstić information content (AvgIpc) is 2.39. The van der Waals surface area contributed by atoms with Gasteiger partial charge in [0.15, 0.2) is 0 Å². The molecule has 0 aliphatic carbocycles. The van der Waals surface area contributed by atoms with Gasteiger partial charge in [-0.1, -0.05) is 20.8 Å². The third-order valence-corrected chi connectivity index (χ3v) is 3.05. The molecule has 0 bridgehead atoms. The fourth-order valence-corrected chi connectivity index (χ4v) is 2.35. The summed E-state index contributed by atoms with van der Waals surface area (Å²) in [5.41, 5.74) is 4.18. The molecule has 0 aliphatic rings. The molecule has 0 N–H and O–H groups in total. The lowest BCUT2D eigenvalue weighted by Crippen LogP contribution is -2.12.